The summed E-state index contributed by atoms with van der Waals surface area (Å²) in [6, 6.07) is 28.6. The minimum atomic E-state index is -0.423. The van der Waals surface area contributed by atoms with Crippen LogP contribution in [0.3, 0.4) is 0 Å². The molecule has 0 aliphatic rings. The van der Waals surface area contributed by atoms with E-state index < -0.39 is 6.03 Å². The van der Waals surface area contributed by atoms with Gasteiger partial charge in [-0.25, -0.2) is 13.6 Å². The third-order valence-corrected chi connectivity index (χ3v) is 8.60. The molecule has 0 amide bonds. The van der Waals surface area contributed by atoms with Gasteiger partial charge in [0.15, 0.2) is 0 Å². The van der Waals surface area contributed by atoms with Crippen LogP contribution in [0.4, 0.5) is 13.6 Å². The molecule has 8 rings (SSSR count). The summed E-state index contributed by atoms with van der Waals surface area (Å²) in [6.45, 7) is 3.46. The quantitative estimate of drug-likeness (QED) is 0.193. The van der Waals surface area contributed by atoms with Crippen LogP contribution in [0.25, 0.3) is 66.6 Å². The van der Waals surface area contributed by atoms with Gasteiger partial charge in [0.05, 0.1) is 34.8 Å². The molecular formula is C39H26F2N6O. The van der Waals surface area contributed by atoms with Gasteiger partial charge in [0, 0.05) is 45.4 Å². The van der Waals surface area contributed by atoms with E-state index in [0.717, 1.165) is 55.5 Å². The lowest BCUT2D eigenvalue weighted by Gasteiger charge is -2.11. The van der Waals surface area contributed by atoms with Crippen LogP contribution in [0.1, 0.15) is 11.1 Å². The summed E-state index contributed by atoms with van der Waals surface area (Å²) < 4.78 is 30.6. The average Bonchev–Trinajstić information content (AvgIpc) is 3.74. The highest BCUT2D eigenvalue weighted by molar-refractivity contribution is 5.98. The van der Waals surface area contributed by atoms with Crippen LogP contribution in [0, 0.1) is 25.5 Å². The number of carbonyl (C=O) groups is 1. The predicted octanol–water partition coefficient (Wildman–Crippen LogP) is 9.26. The van der Waals surface area contributed by atoms with Crippen LogP contribution in [0.2, 0.25) is 0 Å². The first-order valence-electron chi connectivity index (χ1n) is 15.3. The predicted molar refractivity (Wildman–Crippen MR) is 182 cm³/mol. The first-order chi connectivity index (χ1) is 23.4. The molecule has 0 atom stereocenters. The summed E-state index contributed by atoms with van der Waals surface area (Å²) >= 11 is 0. The van der Waals surface area contributed by atoms with Gasteiger partial charge in [0.1, 0.15) is 11.6 Å². The summed E-state index contributed by atoms with van der Waals surface area (Å²) in [5.74, 6) is -0.528. The number of nitrogens with zero attached hydrogens (tertiary/aromatic N) is 6. The topological polar surface area (TPSA) is 78.5 Å². The SMILES string of the molecule is Cc1cc(-c2ncccc2-c2ccc3c(cnn3C(=O)n3ncc4cc(-c5cccnc5-c5ccc(F)c(C)c5)ccc43)c2)ccc1F. The van der Waals surface area contributed by atoms with Gasteiger partial charge in [-0.15, -0.1) is 0 Å². The average molecular weight is 633 g/mol. The molecule has 8 aromatic rings. The van der Waals surface area contributed by atoms with Gasteiger partial charge in [-0.05, 0) is 109 Å². The van der Waals surface area contributed by atoms with E-state index in [-0.39, 0.29) is 11.6 Å². The Morgan fingerprint density at radius 3 is 1.44 bits per heavy atom. The lowest BCUT2D eigenvalue weighted by atomic mass is 9.97. The Hall–Kier alpha value is -6.35. The molecule has 4 aromatic carbocycles. The maximum Gasteiger partial charge on any atom is 0.370 e. The van der Waals surface area contributed by atoms with Gasteiger partial charge in [-0.3, -0.25) is 9.97 Å². The molecule has 0 fully saturated rings. The molecule has 232 valence electrons. The van der Waals surface area contributed by atoms with Crippen LogP contribution in [0.5, 0.6) is 0 Å². The largest absolute Gasteiger partial charge is 0.370 e. The molecule has 0 saturated heterocycles. The van der Waals surface area contributed by atoms with Gasteiger partial charge >= 0.3 is 6.03 Å². The normalized spacial score (nSPS) is 11.4. The third-order valence-electron chi connectivity index (χ3n) is 8.60. The van der Waals surface area contributed by atoms with E-state index in [4.69, 9.17) is 0 Å². The summed E-state index contributed by atoms with van der Waals surface area (Å²) in [7, 11) is 0. The number of halogens is 2. The second-order valence-electron chi connectivity index (χ2n) is 11.7. The Bertz CT molecular complexity index is 2380. The molecule has 0 bridgehead atoms. The third kappa shape index (κ3) is 4.93. The summed E-state index contributed by atoms with van der Waals surface area (Å²) in [5, 5.41) is 10.4. The molecule has 0 aliphatic heterocycles. The van der Waals surface area contributed by atoms with Crippen molar-refractivity contribution in [2.45, 2.75) is 13.8 Å². The minimum Gasteiger partial charge on any atom is -0.256 e. The Labute approximate surface area is 273 Å². The monoisotopic (exact) mass is 632 g/mol. The van der Waals surface area contributed by atoms with Gasteiger partial charge in [0.2, 0.25) is 0 Å². The molecule has 0 N–H and O–H groups in total. The summed E-state index contributed by atoms with van der Waals surface area (Å²) in [6.07, 6.45) is 6.73. The van der Waals surface area contributed by atoms with Crippen molar-refractivity contribution >= 4 is 27.8 Å². The molecule has 4 heterocycles. The fourth-order valence-corrected chi connectivity index (χ4v) is 6.12. The zero-order valence-electron chi connectivity index (χ0n) is 25.9. The second-order valence-corrected chi connectivity index (χ2v) is 11.7. The van der Waals surface area contributed by atoms with E-state index in [1.54, 1.807) is 62.9 Å². The molecule has 0 saturated carbocycles. The molecule has 0 spiro atoms. The lowest BCUT2D eigenvalue weighted by molar-refractivity contribution is 0.240. The van der Waals surface area contributed by atoms with Gasteiger partial charge in [-0.1, -0.05) is 24.3 Å². The van der Waals surface area contributed by atoms with Crippen LogP contribution in [-0.4, -0.2) is 35.6 Å². The van der Waals surface area contributed by atoms with E-state index in [9.17, 15) is 13.6 Å². The van der Waals surface area contributed by atoms with Gasteiger partial charge < -0.3 is 0 Å². The Morgan fingerprint density at radius 2 is 1.00 bits per heavy atom. The van der Waals surface area contributed by atoms with E-state index in [1.807, 2.05) is 60.7 Å². The van der Waals surface area contributed by atoms with E-state index >= 15 is 0 Å². The van der Waals surface area contributed by atoms with Crippen LogP contribution in [-0.2, 0) is 0 Å². The Morgan fingerprint density at radius 1 is 0.562 bits per heavy atom. The minimum absolute atomic E-state index is 0.264. The number of hydrogen-bond acceptors (Lipinski definition) is 5. The Balaban J connectivity index is 1.13. The number of fused-ring (bicyclic) bond motifs is 2. The molecule has 4 aromatic heterocycles. The highest BCUT2D eigenvalue weighted by Crippen LogP contribution is 2.35. The summed E-state index contributed by atoms with van der Waals surface area (Å²) in [4.78, 5) is 23.0. The standard InChI is InChI=1S/C39H26F2N6O/c1-23-17-27(7-11-33(23)40)37-31(5-3-15-42-37)25-9-13-35-29(19-25)21-44-46(35)39(48)47-36-14-10-26(20-30(36)22-45-47)32-6-4-16-43-38(32)28-8-12-34(41)24(2)18-28/h3-22H,1-2H3. The van der Waals surface area contributed by atoms with Crippen molar-refractivity contribution in [3.63, 3.8) is 0 Å². The van der Waals surface area contributed by atoms with Crippen molar-refractivity contribution in [3.8, 4) is 44.8 Å². The van der Waals surface area contributed by atoms with Crippen molar-refractivity contribution in [1.29, 1.82) is 0 Å². The van der Waals surface area contributed by atoms with Gasteiger partial charge in [-0.2, -0.15) is 19.6 Å². The van der Waals surface area contributed by atoms with Crippen molar-refractivity contribution in [2.75, 3.05) is 0 Å². The zero-order valence-corrected chi connectivity index (χ0v) is 25.9. The van der Waals surface area contributed by atoms with Crippen molar-refractivity contribution in [1.82, 2.24) is 29.5 Å². The number of benzene rings is 4. The lowest BCUT2D eigenvalue weighted by Crippen LogP contribution is -2.21. The smallest absolute Gasteiger partial charge is 0.256 e. The first kappa shape index (κ1) is 29.1. The highest BCUT2D eigenvalue weighted by Gasteiger charge is 2.19. The van der Waals surface area contributed by atoms with Crippen molar-refractivity contribution < 1.29 is 13.6 Å². The van der Waals surface area contributed by atoms with Crippen molar-refractivity contribution in [2.24, 2.45) is 0 Å². The van der Waals surface area contributed by atoms with Crippen LogP contribution < -0.4 is 0 Å². The first-order valence-corrected chi connectivity index (χ1v) is 15.3. The van der Waals surface area contributed by atoms with E-state index in [1.165, 1.54) is 21.5 Å². The highest BCUT2D eigenvalue weighted by atomic mass is 19.1. The molecule has 0 unspecified atom stereocenters. The number of aryl methyl sites for hydroxylation is 2. The fourth-order valence-electron chi connectivity index (χ4n) is 6.12. The molecule has 9 heteroatoms. The number of rotatable bonds is 4. The summed E-state index contributed by atoms with van der Waals surface area (Å²) in [5.41, 5.74) is 8.98. The van der Waals surface area contributed by atoms with Crippen molar-refractivity contribution in [3.05, 3.63) is 145 Å². The Kier molecular flexibility index (Phi) is 6.95. The molecular weight excluding hydrogens is 606 g/mol. The number of hydrogen-bond donors (Lipinski definition) is 0. The number of aromatic nitrogens is 6. The molecule has 0 aliphatic carbocycles. The maximum atomic E-state index is 14.0. The molecule has 0 radical (unpaired) electrons. The second kappa shape index (κ2) is 11.5. The van der Waals surface area contributed by atoms with Crippen LogP contribution in [0.15, 0.2) is 122 Å². The number of pyridine rings is 2. The number of carbonyl (C=O) groups excluding carboxylic acids is 1. The maximum absolute atomic E-state index is 14.0. The fraction of sp³-hybridized carbons (Fsp3) is 0.0513. The van der Waals surface area contributed by atoms with E-state index in [2.05, 4.69) is 20.2 Å². The zero-order chi connectivity index (χ0) is 32.9. The van der Waals surface area contributed by atoms with Gasteiger partial charge in [0.25, 0.3) is 0 Å². The van der Waals surface area contributed by atoms with Crippen LogP contribution >= 0.6 is 0 Å². The van der Waals surface area contributed by atoms with E-state index in [0.29, 0.717) is 22.2 Å². The molecule has 7 nitrogen and oxygen atoms in total. The molecule has 48 heavy (non-hydrogen) atoms.